The molecule has 1 aromatic rings. The Kier molecular flexibility index (Phi) is 2.91. The first-order valence-corrected chi connectivity index (χ1v) is 3.57. The molecule has 0 saturated carbocycles. The minimum Gasteiger partial charge on any atom is -0.478 e. The predicted octanol–water partition coefficient (Wildman–Crippen LogP) is 2.20. The molecular formula is C9H5F3O2. The van der Waals surface area contributed by atoms with Gasteiger partial charge in [0.1, 0.15) is 0 Å². The van der Waals surface area contributed by atoms with Crippen LogP contribution >= 0.6 is 0 Å². The van der Waals surface area contributed by atoms with Gasteiger partial charge in [-0.25, -0.2) is 18.0 Å². The van der Waals surface area contributed by atoms with E-state index >= 15 is 0 Å². The van der Waals surface area contributed by atoms with Gasteiger partial charge in [-0.15, -0.1) is 0 Å². The molecule has 0 aliphatic carbocycles. The summed E-state index contributed by atoms with van der Waals surface area (Å²) in [5.41, 5.74) is -0.314. The monoisotopic (exact) mass is 202 g/mol. The fourth-order valence-electron chi connectivity index (χ4n) is 0.831. The van der Waals surface area contributed by atoms with Gasteiger partial charge in [-0.3, -0.25) is 0 Å². The lowest BCUT2D eigenvalue weighted by Crippen LogP contribution is -1.94. The molecule has 0 spiro atoms. The van der Waals surface area contributed by atoms with E-state index in [-0.39, 0.29) is 5.56 Å². The van der Waals surface area contributed by atoms with Crippen molar-refractivity contribution in [2.24, 2.45) is 0 Å². The molecule has 0 aliphatic heterocycles. The lowest BCUT2D eigenvalue weighted by molar-refractivity contribution is -0.131. The summed E-state index contributed by atoms with van der Waals surface area (Å²) in [6.45, 7) is 0. The molecule has 1 rings (SSSR count). The van der Waals surface area contributed by atoms with Gasteiger partial charge >= 0.3 is 5.97 Å². The molecule has 0 radical (unpaired) electrons. The van der Waals surface area contributed by atoms with Gasteiger partial charge < -0.3 is 5.11 Å². The molecule has 1 N–H and O–H groups in total. The highest BCUT2D eigenvalue weighted by Crippen LogP contribution is 2.16. The molecule has 0 aromatic heterocycles. The summed E-state index contributed by atoms with van der Waals surface area (Å²) in [4.78, 5) is 10.1. The highest BCUT2D eigenvalue weighted by molar-refractivity contribution is 5.85. The molecule has 0 amide bonds. The molecule has 0 aliphatic rings. The molecule has 0 atom stereocenters. The number of carboxylic acids is 1. The Labute approximate surface area is 77.3 Å². The average Bonchev–Trinajstić information content (AvgIpc) is 2.13. The molecule has 0 heterocycles. The van der Waals surface area contributed by atoms with E-state index in [1.807, 2.05) is 0 Å². The Hall–Kier alpha value is -1.78. The van der Waals surface area contributed by atoms with Crippen LogP contribution in [0.15, 0.2) is 18.2 Å². The first kappa shape index (κ1) is 10.3. The first-order valence-electron chi connectivity index (χ1n) is 3.57. The van der Waals surface area contributed by atoms with Crippen molar-refractivity contribution in [3.63, 3.8) is 0 Å². The van der Waals surface area contributed by atoms with Gasteiger partial charge in [0.05, 0.1) is 0 Å². The Balaban J connectivity index is 3.12. The second kappa shape index (κ2) is 3.95. The van der Waals surface area contributed by atoms with E-state index < -0.39 is 23.4 Å². The van der Waals surface area contributed by atoms with Crippen LogP contribution in [0.2, 0.25) is 0 Å². The van der Waals surface area contributed by atoms with Crippen molar-refractivity contribution in [1.29, 1.82) is 0 Å². The maximum atomic E-state index is 12.9. The summed E-state index contributed by atoms with van der Waals surface area (Å²) in [6.07, 6.45) is 1.48. The van der Waals surface area contributed by atoms with Gasteiger partial charge in [0.15, 0.2) is 17.5 Å². The highest BCUT2D eigenvalue weighted by Gasteiger charge is 2.11. The minimum absolute atomic E-state index is 0.314. The predicted molar refractivity (Wildman–Crippen MR) is 43.0 cm³/mol. The highest BCUT2D eigenvalue weighted by atomic mass is 19.2. The van der Waals surface area contributed by atoms with Crippen molar-refractivity contribution < 1.29 is 23.1 Å². The van der Waals surface area contributed by atoms with E-state index in [9.17, 15) is 18.0 Å². The van der Waals surface area contributed by atoms with Gasteiger partial charge in [-0.05, 0) is 18.2 Å². The Bertz CT molecular complexity index is 399. The SMILES string of the molecule is O=C(O)/C=C/c1ccc(F)c(F)c1F. The number of benzene rings is 1. The van der Waals surface area contributed by atoms with Crippen molar-refractivity contribution in [2.45, 2.75) is 0 Å². The molecule has 0 bridgehead atoms. The third-order valence-corrected chi connectivity index (χ3v) is 1.47. The molecule has 0 fully saturated rings. The smallest absolute Gasteiger partial charge is 0.328 e. The molecule has 2 nitrogen and oxygen atoms in total. The molecular weight excluding hydrogens is 197 g/mol. The maximum Gasteiger partial charge on any atom is 0.328 e. The van der Waals surface area contributed by atoms with E-state index in [1.165, 1.54) is 0 Å². The second-order valence-electron chi connectivity index (χ2n) is 2.44. The van der Waals surface area contributed by atoms with E-state index in [0.717, 1.165) is 18.2 Å². The minimum atomic E-state index is -1.61. The van der Waals surface area contributed by atoms with Crippen LogP contribution in [0.1, 0.15) is 5.56 Å². The van der Waals surface area contributed by atoms with E-state index in [4.69, 9.17) is 5.11 Å². The normalized spacial score (nSPS) is 10.8. The van der Waals surface area contributed by atoms with Gasteiger partial charge in [0.25, 0.3) is 0 Å². The van der Waals surface area contributed by atoms with Crippen LogP contribution in [-0.4, -0.2) is 11.1 Å². The van der Waals surface area contributed by atoms with Gasteiger partial charge in [-0.1, -0.05) is 0 Å². The van der Waals surface area contributed by atoms with Gasteiger partial charge in [-0.2, -0.15) is 0 Å². The molecule has 14 heavy (non-hydrogen) atoms. The summed E-state index contributed by atoms with van der Waals surface area (Å²) in [5, 5.41) is 8.21. The summed E-state index contributed by atoms with van der Waals surface area (Å²) < 4.78 is 37.8. The molecule has 74 valence electrons. The van der Waals surface area contributed by atoms with Crippen LogP contribution in [0.5, 0.6) is 0 Å². The fraction of sp³-hybridized carbons (Fsp3) is 0. The zero-order valence-corrected chi connectivity index (χ0v) is 6.80. The van der Waals surface area contributed by atoms with E-state index in [0.29, 0.717) is 6.08 Å². The second-order valence-corrected chi connectivity index (χ2v) is 2.44. The lowest BCUT2D eigenvalue weighted by atomic mass is 10.2. The van der Waals surface area contributed by atoms with Crippen LogP contribution in [-0.2, 0) is 4.79 Å². The van der Waals surface area contributed by atoms with Crippen LogP contribution in [0.25, 0.3) is 6.08 Å². The Morgan fingerprint density at radius 3 is 2.43 bits per heavy atom. The fourth-order valence-corrected chi connectivity index (χ4v) is 0.831. The largest absolute Gasteiger partial charge is 0.478 e. The summed E-state index contributed by atoms with van der Waals surface area (Å²) in [6, 6.07) is 1.67. The summed E-state index contributed by atoms with van der Waals surface area (Å²) in [7, 11) is 0. The number of rotatable bonds is 2. The molecule has 0 unspecified atom stereocenters. The number of aliphatic carboxylic acids is 1. The summed E-state index contributed by atoms with van der Waals surface area (Å²) >= 11 is 0. The number of carbonyl (C=O) groups is 1. The quantitative estimate of drug-likeness (QED) is 0.589. The average molecular weight is 202 g/mol. The van der Waals surface area contributed by atoms with Crippen LogP contribution in [0.4, 0.5) is 13.2 Å². The first-order chi connectivity index (χ1) is 6.52. The van der Waals surface area contributed by atoms with Gasteiger partial charge in [0, 0.05) is 11.6 Å². The van der Waals surface area contributed by atoms with E-state index in [2.05, 4.69) is 0 Å². The topological polar surface area (TPSA) is 37.3 Å². The van der Waals surface area contributed by atoms with Crippen LogP contribution in [0, 0.1) is 17.5 Å². The number of hydrogen-bond donors (Lipinski definition) is 1. The van der Waals surface area contributed by atoms with Crippen molar-refractivity contribution in [3.05, 3.63) is 41.2 Å². The Morgan fingerprint density at radius 2 is 1.86 bits per heavy atom. The zero-order chi connectivity index (χ0) is 10.7. The Morgan fingerprint density at radius 1 is 1.21 bits per heavy atom. The zero-order valence-electron chi connectivity index (χ0n) is 6.80. The number of hydrogen-bond acceptors (Lipinski definition) is 1. The van der Waals surface area contributed by atoms with Crippen molar-refractivity contribution in [2.75, 3.05) is 0 Å². The van der Waals surface area contributed by atoms with Crippen LogP contribution < -0.4 is 0 Å². The molecule has 1 aromatic carbocycles. The third kappa shape index (κ3) is 2.12. The maximum absolute atomic E-state index is 12.9. The van der Waals surface area contributed by atoms with Crippen molar-refractivity contribution >= 4 is 12.0 Å². The van der Waals surface area contributed by atoms with Crippen molar-refractivity contribution in [3.8, 4) is 0 Å². The third-order valence-electron chi connectivity index (χ3n) is 1.47. The number of halogens is 3. The standard InChI is InChI=1S/C9H5F3O2/c10-6-3-1-5(2-4-7(13)14)8(11)9(6)12/h1-4H,(H,13,14)/b4-2+. The van der Waals surface area contributed by atoms with E-state index in [1.54, 1.807) is 0 Å². The molecule has 0 saturated heterocycles. The number of carboxylic acid groups (broad SMARTS) is 1. The van der Waals surface area contributed by atoms with Gasteiger partial charge in [0.2, 0.25) is 0 Å². The lowest BCUT2D eigenvalue weighted by Gasteiger charge is -1.98. The summed E-state index contributed by atoms with van der Waals surface area (Å²) in [5.74, 6) is -5.62. The van der Waals surface area contributed by atoms with Crippen molar-refractivity contribution in [1.82, 2.24) is 0 Å². The van der Waals surface area contributed by atoms with Crippen LogP contribution in [0.3, 0.4) is 0 Å². The molecule has 5 heteroatoms.